The highest BCUT2D eigenvalue weighted by atomic mass is 16.6. The summed E-state index contributed by atoms with van der Waals surface area (Å²) in [4.78, 5) is 0. The Labute approximate surface area is 72.7 Å². The van der Waals surface area contributed by atoms with Crippen LogP contribution in [0.15, 0.2) is 30.3 Å². The number of hydrogen-bond acceptors (Lipinski definition) is 1. The van der Waals surface area contributed by atoms with Crippen molar-refractivity contribution in [2.75, 3.05) is 6.61 Å². The summed E-state index contributed by atoms with van der Waals surface area (Å²) in [6.07, 6.45) is 4.52. The van der Waals surface area contributed by atoms with Crippen molar-refractivity contribution in [1.82, 2.24) is 0 Å². The van der Waals surface area contributed by atoms with Gasteiger partial charge in [-0.25, -0.2) is 0 Å². The summed E-state index contributed by atoms with van der Waals surface area (Å²) >= 11 is 0. The van der Waals surface area contributed by atoms with E-state index >= 15 is 0 Å². The van der Waals surface area contributed by atoms with E-state index in [1.807, 2.05) is 13.0 Å². The normalized spacial score (nSPS) is 21.6. The molecule has 1 aromatic carbocycles. The van der Waals surface area contributed by atoms with Gasteiger partial charge in [-0.15, -0.1) is 0 Å². The Morgan fingerprint density at radius 1 is 1.50 bits per heavy atom. The molecule has 2 rings (SSSR count). The summed E-state index contributed by atoms with van der Waals surface area (Å²) in [5.41, 5.74) is 2.55. The van der Waals surface area contributed by atoms with Crippen LogP contribution in [0.2, 0.25) is 0 Å². The molecule has 1 unspecified atom stereocenters. The summed E-state index contributed by atoms with van der Waals surface area (Å²) in [6, 6.07) is 8.47. The molecule has 1 aliphatic rings. The van der Waals surface area contributed by atoms with Gasteiger partial charge in [-0.1, -0.05) is 30.4 Å². The Balaban J connectivity index is 2.26. The predicted octanol–water partition coefficient (Wildman–Crippen LogP) is 2.79. The van der Waals surface area contributed by atoms with Crippen molar-refractivity contribution in [3.05, 3.63) is 41.5 Å². The van der Waals surface area contributed by atoms with Gasteiger partial charge in [-0.2, -0.15) is 0 Å². The van der Waals surface area contributed by atoms with Crippen LogP contribution in [0, 0.1) is 0 Å². The molecule has 1 nitrogen and oxygen atoms in total. The standard InChI is InChI=1S/C11H12O/c1-2-4-9-5-3-6-10(7-9)11-8-12-11/h2-7,11H,8H2,1H3/b4-2+. The second kappa shape index (κ2) is 3.11. The Kier molecular flexibility index (Phi) is 1.96. The van der Waals surface area contributed by atoms with Crippen LogP contribution in [0.1, 0.15) is 24.2 Å². The van der Waals surface area contributed by atoms with E-state index in [-0.39, 0.29) is 0 Å². The van der Waals surface area contributed by atoms with Crippen LogP contribution in [-0.2, 0) is 4.74 Å². The predicted molar refractivity (Wildman–Crippen MR) is 49.8 cm³/mol. The molecule has 0 aliphatic carbocycles. The van der Waals surface area contributed by atoms with Crippen molar-refractivity contribution in [1.29, 1.82) is 0 Å². The van der Waals surface area contributed by atoms with Gasteiger partial charge >= 0.3 is 0 Å². The molecule has 12 heavy (non-hydrogen) atoms. The molecule has 1 atom stereocenters. The average molecular weight is 160 g/mol. The second-order valence-electron chi connectivity index (χ2n) is 2.99. The Morgan fingerprint density at radius 2 is 2.33 bits per heavy atom. The number of epoxide rings is 1. The number of benzene rings is 1. The number of allylic oxidation sites excluding steroid dienone is 1. The van der Waals surface area contributed by atoms with Gasteiger partial charge in [0.1, 0.15) is 6.10 Å². The molecule has 0 aromatic heterocycles. The van der Waals surface area contributed by atoms with Gasteiger partial charge in [-0.05, 0) is 24.1 Å². The topological polar surface area (TPSA) is 12.5 Å². The van der Waals surface area contributed by atoms with Crippen LogP contribution < -0.4 is 0 Å². The average Bonchev–Trinajstić information content (AvgIpc) is 2.88. The van der Waals surface area contributed by atoms with Crippen molar-refractivity contribution in [2.24, 2.45) is 0 Å². The largest absolute Gasteiger partial charge is 0.368 e. The molecule has 0 bridgehead atoms. The molecule has 62 valence electrons. The molecule has 1 fully saturated rings. The number of hydrogen-bond donors (Lipinski definition) is 0. The first-order valence-corrected chi connectivity index (χ1v) is 4.24. The third kappa shape index (κ3) is 1.56. The Morgan fingerprint density at radius 3 is 3.00 bits per heavy atom. The minimum atomic E-state index is 0.371. The van der Waals surface area contributed by atoms with Crippen molar-refractivity contribution in [2.45, 2.75) is 13.0 Å². The van der Waals surface area contributed by atoms with E-state index in [1.165, 1.54) is 11.1 Å². The lowest BCUT2D eigenvalue weighted by Crippen LogP contribution is -1.80. The molecular weight excluding hydrogens is 148 g/mol. The Hall–Kier alpha value is -1.08. The highest BCUT2D eigenvalue weighted by molar-refractivity contribution is 5.50. The van der Waals surface area contributed by atoms with E-state index in [4.69, 9.17) is 4.74 Å². The Bertz CT molecular complexity index is 298. The summed E-state index contributed by atoms with van der Waals surface area (Å²) in [5.74, 6) is 0. The van der Waals surface area contributed by atoms with E-state index < -0.39 is 0 Å². The molecule has 1 saturated heterocycles. The van der Waals surface area contributed by atoms with Crippen molar-refractivity contribution in [3.63, 3.8) is 0 Å². The van der Waals surface area contributed by atoms with Crippen LogP contribution in [0.25, 0.3) is 6.08 Å². The fourth-order valence-corrected chi connectivity index (χ4v) is 1.30. The summed E-state index contributed by atoms with van der Waals surface area (Å²) < 4.78 is 5.20. The molecule has 0 spiro atoms. The fraction of sp³-hybridized carbons (Fsp3) is 0.273. The van der Waals surface area contributed by atoms with Gasteiger partial charge in [0.25, 0.3) is 0 Å². The molecule has 0 radical (unpaired) electrons. The van der Waals surface area contributed by atoms with Crippen LogP contribution in [-0.4, -0.2) is 6.61 Å². The molecule has 0 saturated carbocycles. The van der Waals surface area contributed by atoms with Gasteiger partial charge in [-0.3, -0.25) is 0 Å². The van der Waals surface area contributed by atoms with E-state index in [0.717, 1.165) is 6.61 Å². The summed E-state index contributed by atoms with van der Waals surface area (Å²) in [6.45, 7) is 2.92. The van der Waals surface area contributed by atoms with Crippen molar-refractivity contribution >= 4 is 6.08 Å². The van der Waals surface area contributed by atoms with Gasteiger partial charge in [0.15, 0.2) is 0 Å². The smallest absolute Gasteiger partial charge is 0.106 e. The zero-order chi connectivity index (χ0) is 8.39. The fourth-order valence-electron chi connectivity index (χ4n) is 1.30. The van der Waals surface area contributed by atoms with Gasteiger partial charge < -0.3 is 4.74 Å². The minimum Gasteiger partial charge on any atom is -0.368 e. The second-order valence-corrected chi connectivity index (χ2v) is 2.99. The monoisotopic (exact) mass is 160 g/mol. The lowest BCUT2D eigenvalue weighted by molar-refractivity contribution is 0.415. The van der Waals surface area contributed by atoms with E-state index in [0.29, 0.717) is 6.10 Å². The molecule has 0 N–H and O–H groups in total. The third-order valence-electron chi connectivity index (χ3n) is 1.97. The lowest BCUT2D eigenvalue weighted by Gasteiger charge is -1.96. The first-order chi connectivity index (χ1) is 5.90. The van der Waals surface area contributed by atoms with Crippen LogP contribution >= 0.6 is 0 Å². The molecule has 1 aromatic rings. The lowest BCUT2D eigenvalue weighted by atomic mass is 10.1. The SMILES string of the molecule is C/C=C/c1cccc(C2CO2)c1. The highest BCUT2D eigenvalue weighted by Gasteiger charge is 2.24. The van der Waals surface area contributed by atoms with Gasteiger partial charge in [0, 0.05) is 0 Å². The first-order valence-electron chi connectivity index (χ1n) is 4.24. The molecule has 1 heterocycles. The molecular formula is C11H12O. The number of ether oxygens (including phenoxy) is 1. The molecule has 0 amide bonds. The maximum atomic E-state index is 5.20. The maximum absolute atomic E-state index is 5.20. The van der Waals surface area contributed by atoms with Crippen LogP contribution in [0.4, 0.5) is 0 Å². The van der Waals surface area contributed by atoms with Crippen molar-refractivity contribution < 1.29 is 4.74 Å². The zero-order valence-corrected chi connectivity index (χ0v) is 7.16. The van der Waals surface area contributed by atoms with E-state index in [1.54, 1.807) is 0 Å². The van der Waals surface area contributed by atoms with Crippen LogP contribution in [0.3, 0.4) is 0 Å². The quantitative estimate of drug-likeness (QED) is 0.606. The first kappa shape index (κ1) is 7.56. The zero-order valence-electron chi connectivity index (χ0n) is 7.16. The molecule has 1 aliphatic heterocycles. The van der Waals surface area contributed by atoms with E-state index in [9.17, 15) is 0 Å². The van der Waals surface area contributed by atoms with Gasteiger partial charge in [0.2, 0.25) is 0 Å². The van der Waals surface area contributed by atoms with Crippen LogP contribution in [0.5, 0.6) is 0 Å². The summed E-state index contributed by atoms with van der Waals surface area (Å²) in [7, 11) is 0. The summed E-state index contributed by atoms with van der Waals surface area (Å²) in [5, 5.41) is 0. The third-order valence-corrected chi connectivity index (χ3v) is 1.97. The molecule has 1 heteroatoms. The van der Waals surface area contributed by atoms with Gasteiger partial charge in [0.05, 0.1) is 6.61 Å². The highest BCUT2D eigenvalue weighted by Crippen LogP contribution is 2.30. The number of rotatable bonds is 2. The minimum absolute atomic E-state index is 0.371. The van der Waals surface area contributed by atoms with E-state index in [2.05, 4.69) is 30.3 Å². The van der Waals surface area contributed by atoms with Crippen molar-refractivity contribution in [3.8, 4) is 0 Å². The maximum Gasteiger partial charge on any atom is 0.106 e.